The van der Waals surface area contributed by atoms with Gasteiger partial charge in [0.1, 0.15) is 11.6 Å². The number of aromatic nitrogens is 2. The van der Waals surface area contributed by atoms with E-state index in [1.54, 1.807) is 31.2 Å². The molecule has 1 heterocycles. The second-order valence-corrected chi connectivity index (χ2v) is 7.14. The molecule has 0 unspecified atom stereocenters. The van der Waals surface area contributed by atoms with Crippen LogP contribution < -0.4 is 10.9 Å². The van der Waals surface area contributed by atoms with E-state index < -0.39 is 23.6 Å². The molecule has 0 aliphatic heterocycles. The van der Waals surface area contributed by atoms with Gasteiger partial charge in [0.2, 0.25) is 0 Å². The van der Waals surface area contributed by atoms with E-state index in [9.17, 15) is 18.4 Å². The third-order valence-corrected chi connectivity index (χ3v) is 4.40. The molecule has 0 saturated carbocycles. The zero-order valence-corrected chi connectivity index (χ0v) is 15.9. The summed E-state index contributed by atoms with van der Waals surface area (Å²) in [6, 6.07) is 9.24. The highest BCUT2D eigenvalue weighted by Gasteiger charge is 2.20. The molecule has 0 saturated heterocycles. The number of rotatable bonds is 5. The van der Waals surface area contributed by atoms with Gasteiger partial charge in [0, 0.05) is 23.6 Å². The quantitative estimate of drug-likeness (QED) is 0.726. The van der Waals surface area contributed by atoms with Gasteiger partial charge in [-0.15, -0.1) is 0 Å². The largest absolute Gasteiger partial charge is 0.344 e. The van der Waals surface area contributed by atoms with Gasteiger partial charge in [-0.1, -0.05) is 38.1 Å². The maximum absolute atomic E-state index is 14.0. The maximum atomic E-state index is 14.0. The normalized spacial score (nSPS) is 12.4. The number of carbonyl (C=O) groups is 1. The molecule has 1 aromatic heterocycles. The smallest absolute Gasteiger partial charge is 0.274 e. The van der Waals surface area contributed by atoms with E-state index in [0.29, 0.717) is 17.3 Å². The first kappa shape index (κ1) is 19.7. The first-order valence-electron chi connectivity index (χ1n) is 9.03. The topological polar surface area (TPSA) is 64.0 Å². The maximum Gasteiger partial charge on any atom is 0.274 e. The van der Waals surface area contributed by atoms with Gasteiger partial charge in [0.15, 0.2) is 5.69 Å². The van der Waals surface area contributed by atoms with E-state index in [-0.39, 0.29) is 22.7 Å². The van der Waals surface area contributed by atoms with Crippen molar-refractivity contribution in [2.24, 2.45) is 5.92 Å². The molecule has 0 spiro atoms. The Morgan fingerprint density at radius 3 is 2.43 bits per heavy atom. The summed E-state index contributed by atoms with van der Waals surface area (Å²) in [5.41, 5.74) is -0.0155. The SMILES string of the molecule is CC(C)Cn1nc(C(=O)N[C@H](C)c2ccc(F)cc2F)c2ccccc2c1=O. The summed E-state index contributed by atoms with van der Waals surface area (Å²) in [6.45, 7) is 5.86. The Labute approximate surface area is 161 Å². The fourth-order valence-corrected chi connectivity index (χ4v) is 3.07. The summed E-state index contributed by atoms with van der Waals surface area (Å²) in [5.74, 6) is -1.80. The molecule has 0 radical (unpaired) electrons. The number of hydrogen-bond acceptors (Lipinski definition) is 3. The van der Waals surface area contributed by atoms with Crippen LogP contribution in [-0.4, -0.2) is 15.7 Å². The highest BCUT2D eigenvalue weighted by Crippen LogP contribution is 2.19. The van der Waals surface area contributed by atoms with E-state index in [1.807, 2.05) is 13.8 Å². The van der Waals surface area contributed by atoms with Crippen LogP contribution in [0.25, 0.3) is 10.8 Å². The Balaban J connectivity index is 2.01. The van der Waals surface area contributed by atoms with Crippen LogP contribution in [0.5, 0.6) is 0 Å². The molecule has 0 aliphatic carbocycles. The molecule has 7 heteroatoms. The molecule has 0 fully saturated rings. The van der Waals surface area contributed by atoms with Gasteiger partial charge in [0.25, 0.3) is 11.5 Å². The highest BCUT2D eigenvalue weighted by atomic mass is 19.1. The molecular formula is C21H21F2N3O2. The summed E-state index contributed by atoms with van der Waals surface area (Å²) < 4.78 is 28.4. The molecule has 28 heavy (non-hydrogen) atoms. The van der Waals surface area contributed by atoms with Crippen LogP contribution in [0, 0.1) is 17.6 Å². The fraction of sp³-hybridized carbons (Fsp3) is 0.286. The van der Waals surface area contributed by atoms with Gasteiger partial charge in [-0.2, -0.15) is 5.10 Å². The molecule has 3 rings (SSSR count). The lowest BCUT2D eigenvalue weighted by molar-refractivity contribution is 0.0933. The molecular weight excluding hydrogens is 364 g/mol. The second-order valence-electron chi connectivity index (χ2n) is 7.14. The predicted octanol–water partition coefficient (Wildman–Crippen LogP) is 3.82. The monoisotopic (exact) mass is 385 g/mol. The number of halogens is 2. The minimum atomic E-state index is -0.740. The van der Waals surface area contributed by atoms with Crippen molar-refractivity contribution in [3.63, 3.8) is 0 Å². The summed E-state index contributed by atoms with van der Waals surface area (Å²) in [7, 11) is 0. The predicted molar refractivity (Wildman–Crippen MR) is 103 cm³/mol. The van der Waals surface area contributed by atoms with Crippen LogP contribution in [-0.2, 0) is 6.54 Å². The van der Waals surface area contributed by atoms with Gasteiger partial charge >= 0.3 is 0 Å². The molecule has 2 aromatic carbocycles. The van der Waals surface area contributed by atoms with E-state index in [4.69, 9.17) is 0 Å². The zero-order valence-electron chi connectivity index (χ0n) is 15.9. The van der Waals surface area contributed by atoms with Gasteiger partial charge in [-0.3, -0.25) is 9.59 Å². The van der Waals surface area contributed by atoms with E-state index in [2.05, 4.69) is 10.4 Å². The van der Waals surface area contributed by atoms with Crippen molar-refractivity contribution < 1.29 is 13.6 Å². The van der Waals surface area contributed by atoms with Crippen molar-refractivity contribution in [1.82, 2.24) is 15.1 Å². The average molecular weight is 385 g/mol. The van der Waals surface area contributed by atoms with Crippen LogP contribution in [0.1, 0.15) is 42.9 Å². The number of amides is 1. The number of fused-ring (bicyclic) bond motifs is 1. The van der Waals surface area contributed by atoms with Crippen LogP contribution in [0.4, 0.5) is 8.78 Å². The lowest BCUT2D eigenvalue weighted by Gasteiger charge is -2.17. The summed E-state index contributed by atoms with van der Waals surface area (Å²) in [5, 5.41) is 7.77. The third kappa shape index (κ3) is 3.93. The van der Waals surface area contributed by atoms with Crippen LogP contribution in [0.15, 0.2) is 47.3 Å². The molecule has 146 valence electrons. The van der Waals surface area contributed by atoms with Crippen LogP contribution in [0.3, 0.4) is 0 Å². The van der Waals surface area contributed by atoms with Crippen molar-refractivity contribution in [1.29, 1.82) is 0 Å². The van der Waals surface area contributed by atoms with E-state index in [0.717, 1.165) is 12.1 Å². The molecule has 1 amide bonds. The minimum absolute atomic E-state index is 0.0882. The molecule has 3 aromatic rings. The summed E-state index contributed by atoms with van der Waals surface area (Å²) >= 11 is 0. The molecule has 0 bridgehead atoms. The van der Waals surface area contributed by atoms with Crippen molar-refractivity contribution >= 4 is 16.7 Å². The van der Waals surface area contributed by atoms with Gasteiger partial charge in [0.05, 0.1) is 11.4 Å². The second kappa shape index (κ2) is 7.88. The van der Waals surface area contributed by atoms with Crippen LogP contribution >= 0.6 is 0 Å². The number of carbonyl (C=O) groups excluding carboxylic acids is 1. The number of hydrogen-bond donors (Lipinski definition) is 1. The molecule has 5 nitrogen and oxygen atoms in total. The van der Waals surface area contributed by atoms with Gasteiger partial charge in [-0.05, 0) is 25.0 Å². The average Bonchev–Trinajstić information content (AvgIpc) is 2.63. The van der Waals surface area contributed by atoms with Crippen LogP contribution in [0.2, 0.25) is 0 Å². The lowest BCUT2D eigenvalue weighted by Crippen LogP contribution is -2.33. The Kier molecular flexibility index (Phi) is 5.53. The Morgan fingerprint density at radius 2 is 1.79 bits per heavy atom. The highest BCUT2D eigenvalue weighted by molar-refractivity contribution is 6.04. The van der Waals surface area contributed by atoms with Crippen molar-refractivity contribution in [3.8, 4) is 0 Å². The first-order chi connectivity index (χ1) is 13.3. The first-order valence-corrected chi connectivity index (χ1v) is 9.03. The summed E-state index contributed by atoms with van der Waals surface area (Å²) in [4.78, 5) is 25.5. The molecule has 0 aliphatic rings. The van der Waals surface area contributed by atoms with Gasteiger partial charge < -0.3 is 5.32 Å². The van der Waals surface area contributed by atoms with E-state index in [1.165, 1.54) is 10.7 Å². The number of benzene rings is 2. The van der Waals surface area contributed by atoms with Crippen molar-refractivity contribution in [2.45, 2.75) is 33.4 Å². The third-order valence-electron chi connectivity index (χ3n) is 4.40. The van der Waals surface area contributed by atoms with Crippen molar-refractivity contribution in [3.05, 3.63) is 75.7 Å². The zero-order chi connectivity index (χ0) is 20.4. The molecule has 1 atom stereocenters. The minimum Gasteiger partial charge on any atom is -0.344 e. The fourth-order valence-electron chi connectivity index (χ4n) is 3.07. The summed E-state index contributed by atoms with van der Waals surface area (Å²) in [6.07, 6.45) is 0. The van der Waals surface area contributed by atoms with E-state index >= 15 is 0 Å². The number of nitrogens with zero attached hydrogens (tertiary/aromatic N) is 2. The Morgan fingerprint density at radius 1 is 1.11 bits per heavy atom. The lowest BCUT2D eigenvalue weighted by atomic mass is 10.1. The Bertz CT molecular complexity index is 1090. The standard InChI is InChI=1S/C21H21F2N3O2/c1-12(2)11-26-21(28)17-7-5-4-6-16(17)19(25-26)20(27)24-13(3)15-9-8-14(22)10-18(15)23/h4-10,12-13H,11H2,1-3H3,(H,24,27)/t13-/m1/s1. The molecule has 1 N–H and O–H groups in total. The number of nitrogens with one attached hydrogen (secondary N) is 1. The van der Waals surface area contributed by atoms with Gasteiger partial charge in [-0.25, -0.2) is 13.5 Å². The Hall–Kier alpha value is -3.09. The van der Waals surface area contributed by atoms with Crippen molar-refractivity contribution in [2.75, 3.05) is 0 Å².